The van der Waals surface area contributed by atoms with Crippen molar-refractivity contribution < 1.29 is 4.74 Å². The van der Waals surface area contributed by atoms with E-state index in [1.54, 1.807) is 7.11 Å². The monoisotopic (exact) mass is 242 g/mol. The minimum atomic E-state index is 0.198. The van der Waals surface area contributed by atoms with Gasteiger partial charge in [0.05, 0.1) is 6.10 Å². The molecule has 1 rings (SSSR count). The van der Waals surface area contributed by atoms with Crippen molar-refractivity contribution in [3.8, 4) is 0 Å². The standard InChI is InChI=1S/C12H22N2OS/c1-14(7-5-11(10-13)15-2)8-6-12-4-3-9-16-12/h3-4,9,11H,5-8,10,13H2,1-2H3. The Bertz CT molecular complexity index is 260. The Morgan fingerprint density at radius 2 is 2.31 bits per heavy atom. The highest BCUT2D eigenvalue weighted by Gasteiger charge is 2.06. The number of thiophene rings is 1. The van der Waals surface area contributed by atoms with Crippen LogP contribution < -0.4 is 5.73 Å². The third-order valence-electron chi connectivity index (χ3n) is 2.75. The topological polar surface area (TPSA) is 38.5 Å². The van der Waals surface area contributed by atoms with Crippen LogP contribution in [0.15, 0.2) is 17.5 Å². The Labute approximate surface area is 102 Å². The molecule has 0 saturated carbocycles. The Morgan fingerprint density at radius 1 is 1.50 bits per heavy atom. The van der Waals surface area contributed by atoms with Gasteiger partial charge in [0.1, 0.15) is 0 Å². The van der Waals surface area contributed by atoms with Crippen LogP contribution in [0.5, 0.6) is 0 Å². The molecule has 0 spiro atoms. The summed E-state index contributed by atoms with van der Waals surface area (Å²) < 4.78 is 5.25. The molecule has 1 heterocycles. The quantitative estimate of drug-likeness (QED) is 0.752. The van der Waals surface area contributed by atoms with Crippen molar-refractivity contribution in [2.75, 3.05) is 33.8 Å². The SMILES string of the molecule is COC(CN)CCN(C)CCc1cccs1. The second-order valence-electron chi connectivity index (χ2n) is 4.01. The van der Waals surface area contributed by atoms with E-state index in [2.05, 4.69) is 29.5 Å². The molecule has 3 nitrogen and oxygen atoms in total. The molecular weight excluding hydrogens is 220 g/mol. The first-order valence-corrected chi connectivity index (χ1v) is 6.58. The number of rotatable bonds is 8. The molecule has 1 atom stereocenters. The summed E-state index contributed by atoms with van der Waals surface area (Å²) in [4.78, 5) is 3.79. The second-order valence-corrected chi connectivity index (χ2v) is 5.05. The summed E-state index contributed by atoms with van der Waals surface area (Å²) in [5, 5.41) is 2.13. The molecule has 1 unspecified atom stereocenters. The number of likely N-dealkylation sites (N-methyl/N-ethyl adjacent to an activating group) is 1. The predicted molar refractivity (Wildman–Crippen MR) is 70.0 cm³/mol. The van der Waals surface area contributed by atoms with Gasteiger partial charge in [0.25, 0.3) is 0 Å². The van der Waals surface area contributed by atoms with E-state index in [0.717, 1.165) is 25.9 Å². The van der Waals surface area contributed by atoms with Crippen LogP contribution in [0.4, 0.5) is 0 Å². The summed E-state index contributed by atoms with van der Waals surface area (Å²) in [7, 11) is 3.88. The van der Waals surface area contributed by atoms with Crippen LogP contribution in [0.2, 0.25) is 0 Å². The smallest absolute Gasteiger partial charge is 0.0705 e. The molecule has 0 aliphatic rings. The molecule has 92 valence electrons. The number of ether oxygens (including phenoxy) is 1. The number of nitrogens with two attached hydrogens (primary N) is 1. The first-order valence-electron chi connectivity index (χ1n) is 5.70. The van der Waals surface area contributed by atoms with E-state index in [9.17, 15) is 0 Å². The third-order valence-corrected chi connectivity index (χ3v) is 3.69. The zero-order chi connectivity index (χ0) is 11.8. The summed E-state index contributed by atoms with van der Waals surface area (Å²) in [6.45, 7) is 2.75. The largest absolute Gasteiger partial charge is 0.380 e. The highest BCUT2D eigenvalue weighted by molar-refractivity contribution is 7.09. The van der Waals surface area contributed by atoms with E-state index in [1.165, 1.54) is 4.88 Å². The van der Waals surface area contributed by atoms with Gasteiger partial charge in [-0.05, 0) is 31.3 Å². The predicted octanol–water partition coefficient (Wildman–Crippen LogP) is 1.59. The number of hydrogen-bond donors (Lipinski definition) is 1. The lowest BCUT2D eigenvalue weighted by molar-refractivity contribution is 0.0928. The molecule has 0 aromatic carbocycles. The van der Waals surface area contributed by atoms with Gasteiger partial charge in [0.15, 0.2) is 0 Å². The first kappa shape index (κ1) is 13.6. The molecule has 2 N–H and O–H groups in total. The van der Waals surface area contributed by atoms with E-state index >= 15 is 0 Å². The molecule has 0 bridgehead atoms. The molecule has 1 aromatic heterocycles. The molecule has 0 aliphatic heterocycles. The Balaban J connectivity index is 2.13. The zero-order valence-electron chi connectivity index (χ0n) is 10.2. The fraction of sp³-hybridized carbons (Fsp3) is 0.667. The lowest BCUT2D eigenvalue weighted by Gasteiger charge is -2.19. The van der Waals surface area contributed by atoms with E-state index < -0.39 is 0 Å². The zero-order valence-corrected chi connectivity index (χ0v) is 11.0. The van der Waals surface area contributed by atoms with Crippen LogP contribution in [0, 0.1) is 0 Å². The van der Waals surface area contributed by atoms with Crippen LogP contribution in [-0.2, 0) is 11.2 Å². The molecule has 0 aliphatic carbocycles. The van der Waals surface area contributed by atoms with Crippen molar-refractivity contribution in [3.63, 3.8) is 0 Å². The van der Waals surface area contributed by atoms with Crippen molar-refractivity contribution in [2.45, 2.75) is 18.9 Å². The highest BCUT2D eigenvalue weighted by atomic mass is 32.1. The molecule has 16 heavy (non-hydrogen) atoms. The normalized spacial score (nSPS) is 13.2. The van der Waals surface area contributed by atoms with Gasteiger partial charge < -0.3 is 15.4 Å². The summed E-state index contributed by atoms with van der Waals surface area (Å²) in [6.07, 6.45) is 2.34. The molecule has 0 radical (unpaired) electrons. The highest BCUT2D eigenvalue weighted by Crippen LogP contribution is 2.09. The summed E-state index contributed by atoms with van der Waals surface area (Å²) in [6, 6.07) is 4.30. The van der Waals surface area contributed by atoms with Crippen molar-refractivity contribution in [2.24, 2.45) is 5.73 Å². The van der Waals surface area contributed by atoms with E-state index in [1.807, 2.05) is 11.3 Å². The average Bonchev–Trinajstić information content (AvgIpc) is 2.80. The lowest BCUT2D eigenvalue weighted by Crippen LogP contribution is -2.29. The summed E-state index contributed by atoms with van der Waals surface area (Å²) >= 11 is 1.83. The Hall–Kier alpha value is -0.420. The number of hydrogen-bond acceptors (Lipinski definition) is 4. The molecule has 4 heteroatoms. The maximum absolute atomic E-state index is 5.58. The maximum atomic E-state index is 5.58. The van der Waals surface area contributed by atoms with Gasteiger partial charge in [0.2, 0.25) is 0 Å². The van der Waals surface area contributed by atoms with Crippen molar-refractivity contribution in [1.82, 2.24) is 4.90 Å². The van der Waals surface area contributed by atoms with Crippen LogP contribution in [0.1, 0.15) is 11.3 Å². The lowest BCUT2D eigenvalue weighted by atomic mass is 10.2. The van der Waals surface area contributed by atoms with Gasteiger partial charge in [0, 0.05) is 31.6 Å². The van der Waals surface area contributed by atoms with E-state index in [4.69, 9.17) is 10.5 Å². The first-order chi connectivity index (χ1) is 7.76. The van der Waals surface area contributed by atoms with Crippen molar-refractivity contribution >= 4 is 11.3 Å². The van der Waals surface area contributed by atoms with Crippen molar-refractivity contribution in [1.29, 1.82) is 0 Å². The van der Waals surface area contributed by atoms with Gasteiger partial charge in [-0.25, -0.2) is 0 Å². The summed E-state index contributed by atoms with van der Waals surface area (Å²) in [5.41, 5.74) is 5.58. The Kier molecular flexibility index (Phi) is 6.64. The van der Waals surface area contributed by atoms with E-state index in [0.29, 0.717) is 6.54 Å². The minimum absolute atomic E-state index is 0.198. The van der Waals surface area contributed by atoms with Gasteiger partial charge in [-0.2, -0.15) is 0 Å². The molecule has 0 fully saturated rings. The third kappa shape index (κ3) is 5.07. The maximum Gasteiger partial charge on any atom is 0.0705 e. The van der Waals surface area contributed by atoms with Crippen LogP contribution >= 0.6 is 11.3 Å². The fourth-order valence-electron chi connectivity index (χ4n) is 1.56. The number of nitrogens with zero attached hydrogens (tertiary/aromatic N) is 1. The Morgan fingerprint density at radius 3 is 2.88 bits per heavy atom. The van der Waals surface area contributed by atoms with Crippen LogP contribution in [-0.4, -0.2) is 44.8 Å². The van der Waals surface area contributed by atoms with Crippen LogP contribution in [0.25, 0.3) is 0 Å². The average molecular weight is 242 g/mol. The molecular formula is C12H22N2OS. The van der Waals surface area contributed by atoms with Crippen LogP contribution in [0.3, 0.4) is 0 Å². The minimum Gasteiger partial charge on any atom is -0.380 e. The number of methoxy groups -OCH3 is 1. The molecule has 0 amide bonds. The summed E-state index contributed by atoms with van der Waals surface area (Å²) in [5.74, 6) is 0. The van der Waals surface area contributed by atoms with Gasteiger partial charge in [-0.3, -0.25) is 0 Å². The second kappa shape index (κ2) is 7.79. The van der Waals surface area contributed by atoms with Gasteiger partial charge in [-0.1, -0.05) is 6.07 Å². The van der Waals surface area contributed by atoms with Crippen molar-refractivity contribution in [3.05, 3.63) is 22.4 Å². The van der Waals surface area contributed by atoms with Gasteiger partial charge >= 0.3 is 0 Å². The van der Waals surface area contributed by atoms with Gasteiger partial charge in [-0.15, -0.1) is 11.3 Å². The van der Waals surface area contributed by atoms with E-state index in [-0.39, 0.29) is 6.10 Å². The fourth-order valence-corrected chi connectivity index (χ4v) is 2.26. The molecule has 1 aromatic rings. The molecule has 0 saturated heterocycles.